The van der Waals surface area contributed by atoms with E-state index in [9.17, 15) is 22.0 Å². The summed E-state index contributed by atoms with van der Waals surface area (Å²) >= 11 is 7.97. The second-order valence-electron chi connectivity index (χ2n) is 1.26. The highest BCUT2D eigenvalue weighted by molar-refractivity contribution is 6.47. The maximum Gasteiger partial charge on any atom is 0.452 e. The van der Waals surface area contributed by atoms with Gasteiger partial charge in [0.05, 0.1) is 6.67 Å². The van der Waals surface area contributed by atoms with Crippen LogP contribution in [-0.4, -0.2) is 17.4 Å². The van der Waals surface area contributed by atoms with Crippen LogP contribution >= 0.6 is 23.2 Å². The summed E-state index contributed by atoms with van der Waals surface area (Å²) in [4.78, 5) is 0. The zero-order chi connectivity index (χ0) is 9.71. The number of alkyl halides is 7. The van der Waals surface area contributed by atoms with E-state index in [-0.39, 0.29) is 6.67 Å². The Morgan fingerprint density at radius 2 is 1.18 bits per heavy atom. The van der Waals surface area contributed by atoms with Gasteiger partial charge in [0.1, 0.15) is 0 Å². The van der Waals surface area contributed by atoms with Crippen molar-refractivity contribution in [1.82, 2.24) is 0 Å². The van der Waals surface area contributed by atoms with Gasteiger partial charge in [0, 0.05) is 0 Å². The van der Waals surface area contributed by atoms with E-state index >= 15 is 0 Å². The lowest BCUT2D eigenvalue weighted by molar-refractivity contribution is -0.170. The van der Waals surface area contributed by atoms with Crippen LogP contribution in [0.5, 0.6) is 0 Å². The Bertz CT molecular complexity index is 81.6. The molecule has 0 heterocycles. The molecule has 0 amide bonds. The smallest absolute Gasteiger partial charge is 0.251 e. The van der Waals surface area contributed by atoms with Crippen molar-refractivity contribution in [3.05, 3.63) is 0 Å². The second-order valence-corrected chi connectivity index (χ2v) is 2.50. The molecule has 0 saturated heterocycles. The maximum absolute atomic E-state index is 11.3. The minimum Gasteiger partial charge on any atom is -0.251 e. The minimum atomic E-state index is -5.20. The third kappa shape index (κ3) is 8.13. The Kier molecular flexibility index (Phi) is 6.24. The summed E-state index contributed by atoms with van der Waals surface area (Å²) in [5, 5.41) is 0. The maximum atomic E-state index is 11.3. The van der Waals surface area contributed by atoms with Crippen molar-refractivity contribution in [2.75, 3.05) is 6.67 Å². The highest BCUT2D eigenvalue weighted by Crippen LogP contribution is 2.40. The fourth-order valence-electron chi connectivity index (χ4n) is 0. The first-order valence-electron chi connectivity index (χ1n) is 2.36. The molecule has 0 atom stereocenters. The number of hydrogen-bond donors (Lipinski definition) is 0. The summed E-state index contributed by atoms with van der Waals surface area (Å²) in [5.74, 6) is 0. The normalized spacial score (nSPS) is 12.0. The number of rotatable bonds is 0. The molecule has 0 aromatic heterocycles. The van der Waals surface area contributed by atoms with Gasteiger partial charge >= 0.3 is 10.8 Å². The first-order valence-corrected chi connectivity index (χ1v) is 3.11. The average molecular weight is 219 g/mol. The number of hydrogen-bond acceptors (Lipinski definition) is 0. The molecular formula is C4H5Cl2F5. The Hall–Kier alpha value is 0.230. The lowest BCUT2D eigenvalue weighted by Crippen LogP contribution is -2.28. The topological polar surface area (TPSA) is 0 Å². The second kappa shape index (κ2) is 4.98. The lowest BCUT2D eigenvalue weighted by atomic mass is 10.7. The summed E-state index contributed by atoms with van der Waals surface area (Å²) in [6.45, 7) is 1.21. The molecule has 0 aromatic rings. The van der Waals surface area contributed by atoms with E-state index in [2.05, 4.69) is 23.2 Å². The molecule has 7 heteroatoms. The van der Waals surface area contributed by atoms with Crippen molar-refractivity contribution in [3.8, 4) is 0 Å². The van der Waals surface area contributed by atoms with Gasteiger partial charge in [0.15, 0.2) is 0 Å². The van der Waals surface area contributed by atoms with E-state index in [4.69, 9.17) is 0 Å². The van der Waals surface area contributed by atoms with E-state index in [0.29, 0.717) is 0 Å². The average Bonchev–Trinajstić information content (AvgIpc) is 1.60. The monoisotopic (exact) mass is 218 g/mol. The predicted molar refractivity (Wildman–Crippen MR) is 33.2 cm³/mol. The number of halogens is 7. The van der Waals surface area contributed by atoms with E-state index in [1.165, 1.54) is 6.92 Å². The third-order valence-electron chi connectivity index (χ3n) is 0.321. The molecule has 0 unspecified atom stereocenters. The van der Waals surface area contributed by atoms with Gasteiger partial charge in [0.25, 0.3) is 0 Å². The van der Waals surface area contributed by atoms with Crippen molar-refractivity contribution in [1.29, 1.82) is 0 Å². The van der Waals surface area contributed by atoms with Crippen LogP contribution in [0.3, 0.4) is 0 Å². The van der Waals surface area contributed by atoms with Gasteiger partial charge < -0.3 is 0 Å². The van der Waals surface area contributed by atoms with Crippen molar-refractivity contribution < 1.29 is 22.0 Å². The molecule has 0 radical (unpaired) electrons. The molecule has 0 rings (SSSR count). The first kappa shape index (κ1) is 13.8. The van der Waals surface area contributed by atoms with Crippen LogP contribution in [0.25, 0.3) is 0 Å². The molecular weight excluding hydrogens is 214 g/mol. The Morgan fingerprint density at radius 3 is 1.18 bits per heavy atom. The summed E-state index contributed by atoms with van der Waals surface area (Å²) in [7, 11) is 0. The van der Waals surface area contributed by atoms with Crippen molar-refractivity contribution in [2.45, 2.75) is 17.7 Å². The Balaban J connectivity index is 0. The van der Waals surface area contributed by atoms with Crippen LogP contribution in [0.1, 0.15) is 6.92 Å². The van der Waals surface area contributed by atoms with Crippen LogP contribution in [0.4, 0.5) is 22.0 Å². The summed E-state index contributed by atoms with van der Waals surface area (Å²) in [6, 6.07) is 0. The standard InChI is InChI=1S/C2Cl2F4.C2H5F/c3-1(4,5)2(6,7)8;1-2-3/h;2H2,1H3. The lowest BCUT2D eigenvalue weighted by Gasteiger charge is -2.11. The molecule has 0 bridgehead atoms. The molecule has 0 aliphatic heterocycles. The molecule has 0 fully saturated rings. The highest BCUT2D eigenvalue weighted by Gasteiger charge is 2.53. The van der Waals surface area contributed by atoms with Gasteiger partial charge in [-0.3, -0.25) is 4.39 Å². The van der Waals surface area contributed by atoms with Gasteiger partial charge in [0.2, 0.25) is 0 Å². The molecule has 0 aliphatic rings. The quantitative estimate of drug-likeness (QED) is 0.431. The molecule has 11 heavy (non-hydrogen) atoms. The van der Waals surface area contributed by atoms with Gasteiger partial charge in [-0.05, 0) is 6.92 Å². The predicted octanol–water partition coefficient (Wildman–Crippen LogP) is 3.63. The summed E-state index contributed by atoms with van der Waals surface area (Å²) in [6.07, 6.45) is -5.20. The van der Waals surface area contributed by atoms with Crippen molar-refractivity contribution in [3.63, 3.8) is 0 Å². The van der Waals surface area contributed by atoms with Gasteiger partial charge in [-0.15, -0.1) is 0 Å². The fraction of sp³-hybridized carbons (Fsp3) is 1.00. The van der Waals surface area contributed by atoms with Crippen LogP contribution in [0, 0.1) is 0 Å². The highest BCUT2D eigenvalue weighted by atomic mass is 35.5. The van der Waals surface area contributed by atoms with E-state index < -0.39 is 10.8 Å². The van der Waals surface area contributed by atoms with E-state index in [0.717, 1.165) is 0 Å². The molecule has 0 aromatic carbocycles. The molecule has 0 aliphatic carbocycles. The Morgan fingerprint density at radius 1 is 1.09 bits per heavy atom. The zero-order valence-corrected chi connectivity index (χ0v) is 6.86. The van der Waals surface area contributed by atoms with Gasteiger partial charge in [-0.1, -0.05) is 23.2 Å². The molecule has 0 spiro atoms. The first-order chi connectivity index (χ1) is 4.66. The SMILES string of the molecule is CCF.FC(F)(F)C(F)(Cl)Cl. The van der Waals surface area contributed by atoms with E-state index in [1.54, 1.807) is 0 Å². The van der Waals surface area contributed by atoms with Crippen molar-refractivity contribution >= 4 is 23.2 Å². The summed E-state index contributed by atoms with van der Waals surface area (Å²) in [5.41, 5.74) is 0. The molecule has 0 N–H and O–H groups in total. The van der Waals surface area contributed by atoms with Crippen LogP contribution in [-0.2, 0) is 0 Å². The third-order valence-corrected chi connectivity index (χ3v) is 0.750. The Labute approximate surface area is 70.3 Å². The van der Waals surface area contributed by atoms with Gasteiger partial charge in [-0.2, -0.15) is 17.6 Å². The van der Waals surface area contributed by atoms with Crippen LogP contribution < -0.4 is 0 Å². The molecule has 70 valence electrons. The summed E-state index contributed by atoms with van der Waals surface area (Å²) < 4.78 is 50.2. The van der Waals surface area contributed by atoms with Crippen molar-refractivity contribution in [2.24, 2.45) is 0 Å². The van der Waals surface area contributed by atoms with Crippen LogP contribution in [0.2, 0.25) is 0 Å². The molecule has 0 saturated carbocycles. The molecule has 0 nitrogen and oxygen atoms in total. The van der Waals surface area contributed by atoms with Gasteiger partial charge in [-0.25, -0.2) is 0 Å². The largest absolute Gasteiger partial charge is 0.452 e. The fourth-order valence-corrected chi connectivity index (χ4v) is 0. The van der Waals surface area contributed by atoms with Crippen LogP contribution in [0.15, 0.2) is 0 Å². The van der Waals surface area contributed by atoms with E-state index in [1.807, 2.05) is 0 Å². The minimum absolute atomic E-state index is 0.250. The zero-order valence-electron chi connectivity index (χ0n) is 5.35.